The fourth-order valence-electron chi connectivity index (χ4n) is 1.17. The van der Waals surface area contributed by atoms with Crippen LogP contribution in [0.3, 0.4) is 0 Å². The van der Waals surface area contributed by atoms with Crippen molar-refractivity contribution in [1.29, 1.82) is 0 Å². The van der Waals surface area contributed by atoms with E-state index in [1.54, 1.807) is 0 Å². The van der Waals surface area contributed by atoms with Gasteiger partial charge in [-0.25, -0.2) is 0 Å². The van der Waals surface area contributed by atoms with Crippen LogP contribution < -0.4 is 0 Å². The first kappa shape index (κ1) is 13.9. The first-order valence-electron chi connectivity index (χ1n) is 5.94. The van der Waals surface area contributed by atoms with E-state index in [4.69, 9.17) is 9.47 Å². The fraction of sp³-hybridized carbons (Fsp3) is 1.00. The number of ether oxygens (including phenoxy) is 2. The van der Waals surface area contributed by atoms with Crippen LogP contribution in [0.15, 0.2) is 0 Å². The van der Waals surface area contributed by atoms with Crippen LogP contribution in [0.25, 0.3) is 0 Å². The lowest BCUT2D eigenvalue weighted by Gasteiger charge is -2.20. The lowest BCUT2D eigenvalue weighted by atomic mass is 10.0. The SMILES string of the molecule is CC.CC1CCOCC1.CC1COC1. The van der Waals surface area contributed by atoms with E-state index in [0.717, 1.165) is 38.3 Å². The van der Waals surface area contributed by atoms with Crippen molar-refractivity contribution in [2.24, 2.45) is 11.8 Å². The minimum absolute atomic E-state index is 0.843. The summed E-state index contributed by atoms with van der Waals surface area (Å²) in [4.78, 5) is 0. The van der Waals surface area contributed by atoms with E-state index >= 15 is 0 Å². The predicted octanol–water partition coefficient (Wildman–Crippen LogP) is 3.11. The van der Waals surface area contributed by atoms with Crippen molar-refractivity contribution in [1.82, 2.24) is 0 Å². The summed E-state index contributed by atoms with van der Waals surface area (Å²) in [5, 5.41) is 0. The Morgan fingerprint density at radius 3 is 1.36 bits per heavy atom. The Morgan fingerprint density at radius 2 is 1.21 bits per heavy atom. The van der Waals surface area contributed by atoms with E-state index in [1.165, 1.54) is 12.8 Å². The summed E-state index contributed by atoms with van der Waals surface area (Å²) in [6, 6.07) is 0. The van der Waals surface area contributed by atoms with Crippen LogP contribution in [0.5, 0.6) is 0 Å². The molecule has 0 radical (unpaired) electrons. The third-order valence-corrected chi connectivity index (χ3v) is 2.31. The second-order valence-electron chi connectivity index (χ2n) is 3.94. The third-order valence-electron chi connectivity index (χ3n) is 2.31. The summed E-state index contributed by atoms with van der Waals surface area (Å²) >= 11 is 0. The maximum absolute atomic E-state index is 5.14. The van der Waals surface area contributed by atoms with Crippen molar-refractivity contribution in [2.75, 3.05) is 26.4 Å². The molecule has 2 saturated heterocycles. The molecule has 0 saturated carbocycles. The zero-order valence-corrected chi connectivity index (χ0v) is 10.2. The molecule has 0 aromatic rings. The molecule has 86 valence electrons. The van der Waals surface area contributed by atoms with E-state index in [9.17, 15) is 0 Å². The van der Waals surface area contributed by atoms with Gasteiger partial charge in [-0.2, -0.15) is 0 Å². The van der Waals surface area contributed by atoms with Crippen molar-refractivity contribution in [2.45, 2.75) is 40.5 Å². The van der Waals surface area contributed by atoms with E-state index < -0.39 is 0 Å². The van der Waals surface area contributed by atoms with Gasteiger partial charge in [0.05, 0.1) is 13.2 Å². The fourth-order valence-corrected chi connectivity index (χ4v) is 1.17. The minimum Gasteiger partial charge on any atom is -0.381 e. The Morgan fingerprint density at radius 1 is 0.786 bits per heavy atom. The van der Waals surface area contributed by atoms with Crippen molar-refractivity contribution in [3.8, 4) is 0 Å². The molecule has 2 aliphatic rings. The highest BCUT2D eigenvalue weighted by atomic mass is 16.5. The summed E-state index contributed by atoms with van der Waals surface area (Å²) in [6.45, 7) is 12.4. The average Bonchev–Trinajstić information content (AvgIpc) is 2.20. The van der Waals surface area contributed by atoms with Gasteiger partial charge in [0.2, 0.25) is 0 Å². The van der Waals surface area contributed by atoms with Gasteiger partial charge in [0, 0.05) is 19.1 Å². The zero-order chi connectivity index (χ0) is 10.8. The molecule has 0 aromatic heterocycles. The quantitative estimate of drug-likeness (QED) is 0.601. The smallest absolute Gasteiger partial charge is 0.0513 e. The van der Waals surface area contributed by atoms with Crippen LogP contribution in [0.1, 0.15) is 40.5 Å². The molecule has 2 fully saturated rings. The van der Waals surface area contributed by atoms with Crippen LogP contribution in [-0.4, -0.2) is 26.4 Å². The Balaban J connectivity index is 0.000000213. The molecule has 0 aromatic carbocycles. The van der Waals surface area contributed by atoms with E-state index in [2.05, 4.69) is 13.8 Å². The topological polar surface area (TPSA) is 18.5 Å². The zero-order valence-electron chi connectivity index (χ0n) is 10.2. The number of hydrogen-bond donors (Lipinski definition) is 0. The molecule has 2 nitrogen and oxygen atoms in total. The van der Waals surface area contributed by atoms with Crippen LogP contribution in [0.2, 0.25) is 0 Å². The molecular formula is C12H26O2. The maximum atomic E-state index is 5.14. The molecule has 2 heterocycles. The molecule has 2 aliphatic heterocycles. The van der Waals surface area contributed by atoms with Gasteiger partial charge in [-0.1, -0.05) is 27.7 Å². The lowest BCUT2D eigenvalue weighted by Crippen LogP contribution is -2.23. The molecule has 0 N–H and O–H groups in total. The Kier molecular flexibility index (Phi) is 9.42. The first-order valence-corrected chi connectivity index (χ1v) is 5.94. The lowest BCUT2D eigenvalue weighted by molar-refractivity contribution is -0.0221. The molecule has 14 heavy (non-hydrogen) atoms. The summed E-state index contributed by atoms with van der Waals surface area (Å²) in [5.74, 6) is 1.75. The first-order chi connectivity index (χ1) is 6.79. The second-order valence-corrected chi connectivity index (χ2v) is 3.94. The van der Waals surface area contributed by atoms with Gasteiger partial charge in [0.1, 0.15) is 0 Å². The van der Waals surface area contributed by atoms with Gasteiger partial charge in [-0.15, -0.1) is 0 Å². The highest BCUT2D eigenvalue weighted by molar-refractivity contribution is 4.56. The van der Waals surface area contributed by atoms with Gasteiger partial charge in [-0.3, -0.25) is 0 Å². The summed E-state index contributed by atoms with van der Waals surface area (Å²) in [5.41, 5.74) is 0. The molecule has 0 atom stereocenters. The van der Waals surface area contributed by atoms with Gasteiger partial charge in [0.25, 0.3) is 0 Å². The van der Waals surface area contributed by atoms with E-state index in [1.807, 2.05) is 13.8 Å². The minimum atomic E-state index is 0.843. The van der Waals surface area contributed by atoms with Gasteiger partial charge in [-0.05, 0) is 18.8 Å². The summed E-state index contributed by atoms with van der Waals surface area (Å²) in [7, 11) is 0. The van der Waals surface area contributed by atoms with Crippen molar-refractivity contribution < 1.29 is 9.47 Å². The second kappa shape index (κ2) is 9.47. The molecule has 0 unspecified atom stereocenters. The normalized spacial score (nSPS) is 22.3. The average molecular weight is 202 g/mol. The number of rotatable bonds is 0. The number of hydrogen-bond acceptors (Lipinski definition) is 2. The highest BCUT2D eigenvalue weighted by Gasteiger charge is 2.09. The molecule has 2 heteroatoms. The molecule has 0 aliphatic carbocycles. The summed E-state index contributed by atoms with van der Waals surface area (Å²) in [6.07, 6.45) is 2.53. The van der Waals surface area contributed by atoms with Crippen LogP contribution in [-0.2, 0) is 9.47 Å². The Bertz CT molecular complexity index is 105. The van der Waals surface area contributed by atoms with E-state index in [-0.39, 0.29) is 0 Å². The maximum Gasteiger partial charge on any atom is 0.0513 e. The largest absolute Gasteiger partial charge is 0.381 e. The monoisotopic (exact) mass is 202 g/mol. The molecule has 2 rings (SSSR count). The van der Waals surface area contributed by atoms with Gasteiger partial charge >= 0.3 is 0 Å². The molecule has 0 amide bonds. The molecule has 0 bridgehead atoms. The van der Waals surface area contributed by atoms with Crippen molar-refractivity contribution in [3.63, 3.8) is 0 Å². The summed E-state index contributed by atoms with van der Waals surface area (Å²) < 4.78 is 9.97. The molecular weight excluding hydrogens is 176 g/mol. The predicted molar refractivity (Wildman–Crippen MR) is 60.5 cm³/mol. The Labute approximate surface area is 89.0 Å². The van der Waals surface area contributed by atoms with Crippen molar-refractivity contribution in [3.05, 3.63) is 0 Å². The third kappa shape index (κ3) is 7.34. The van der Waals surface area contributed by atoms with Gasteiger partial charge < -0.3 is 9.47 Å². The van der Waals surface area contributed by atoms with Crippen molar-refractivity contribution >= 4 is 0 Å². The van der Waals surface area contributed by atoms with Crippen LogP contribution in [0, 0.1) is 11.8 Å². The van der Waals surface area contributed by atoms with E-state index in [0.29, 0.717) is 0 Å². The van der Waals surface area contributed by atoms with Crippen LogP contribution in [0.4, 0.5) is 0 Å². The van der Waals surface area contributed by atoms with Crippen LogP contribution >= 0.6 is 0 Å². The molecule has 0 spiro atoms. The van der Waals surface area contributed by atoms with Gasteiger partial charge in [0.15, 0.2) is 0 Å². The Hall–Kier alpha value is -0.0800. The highest BCUT2D eigenvalue weighted by Crippen LogP contribution is 2.11. The standard InChI is InChI=1S/C6H12O.C4H8O.C2H6/c1-6-2-4-7-5-3-6;1-4-2-5-3-4;1-2/h6H,2-5H2,1H3;4H,2-3H2,1H3;1-2H3.